The molecule has 0 aromatic heterocycles. The lowest BCUT2D eigenvalue weighted by atomic mass is 10.1. The van der Waals surface area contributed by atoms with Crippen molar-refractivity contribution in [2.75, 3.05) is 0 Å². The van der Waals surface area contributed by atoms with Gasteiger partial charge in [-0.05, 0) is 24.6 Å². The molecule has 1 atom stereocenters. The minimum absolute atomic E-state index is 0.266. The molecule has 1 aliphatic carbocycles. The van der Waals surface area contributed by atoms with Crippen LogP contribution in [0.2, 0.25) is 6.55 Å². The van der Waals surface area contributed by atoms with Crippen molar-refractivity contribution in [3.8, 4) is 0 Å². The number of hydrogen-bond acceptors (Lipinski definition) is 0. The summed E-state index contributed by atoms with van der Waals surface area (Å²) in [5.41, 5.74) is 4.13. The highest BCUT2D eigenvalue weighted by Crippen LogP contribution is 2.44. The summed E-state index contributed by atoms with van der Waals surface area (Å²) in [5.74, 6) is 0. The van der Waals surface area contributed by atoms with E-state index >= 15 is 0 Å². The number of allylic oxidation sites excluding steroid dienone is 1. The SMILES string of the molecule is CC1=Cc2ccccc2C1[Si](C)(Cl)Cl. The van der Waals surface area contributed by atoms with Crippen LogP contribution in [-0.4, -0.2) is 6.69 Å². The lowest BCUT2D eigenvalue weighted by Crippen LogP contribution is -2.25. The standard InChI is InChI=1S/C11H12Cl2Si/c1-8-7-9-5-3-4-6-10(9)11(8)14(2,12)13/h3-7,11H,1-2H3. The molecule has 0 amide bonds. The lowest BCUT2D eigenvalue weighted by molar-refractivity contribution is 1.11. The Morgan fingerprint density at radius 1 is 1.21 bits per heavy atom. The van der Waals surface area contributed by atoms with Gasteiger partial charge in [-0.3, -0.25) is 0 Å². The zero-order valence-corrected chi connectivity index (χ0v) is 10.7. The number of benzene rings is 1. The Hall–Kier alpha value is -0.243. The summed E-state index contributed by atoms with van der Waals surface area (Å²) < 4.78 is 0. The number of fused-ring (bicyclic) bond motifs is 1. The van der Waals surface area contributed by atoms with Gasteiger partial charge in [0.2, 0.25) is 0 Å². The fourth-order valence-electron chi connectivity index (χ4n) is 2.15. The van der Waals surface area contributed by atoms with E-state index < -0.39 is 6.69 Å². The highest BCUT2D eigenvalue weighted by molar-refractivity contribution is 7.45. The molecule has 0 aliphatic heterocycles. The van der Waals surface area contributed by atoms with Crippen LogP contribution in [-0.2, 0) is 0 Å². The first-order chi connectivity index (χ1) is 6.50. The quantitative estimate of drug-likeness (QED) is 0.510. The van der Waals surface area contributed by atoms with Gasteiger partial charge in [-0.25, -0.2) is 0 Å². The molecule has 0 bridgehead atoms. The fourth-order valence-corrected chi connectivity index (χ4v) is 5.58. The van der Waals surface area contributed by atoms with E-state index in [9.17, 15) is 0 Å². The normalized spacial score (nSPS) is 20.6. The van der Waals surface area contributed by atoms with E-state index in [0.29, 0.717) is 0 Å². The van der Waals surface area contributed by atoms with Gasteiger partial charge in [0.25, 0.3) is 6.69 Å². The third-order valence-electron chi connectivity index (χ3n) is 2.65. The molecule has 0 radical (unpaired) electrons. The zero-order valence-electron chi connectivity index (χ0n) is 8.22. The summed E-state index contributed by atoms with van der Waals surface area (Å²) in [5, 5.41) is 0. The average molecular weight is 243 g/mol. The predicted octanol–water partition coefficient (Wildman–Crippen LogP) is 4.28. The van der Waals surface area contributed by atoms with Gasteiger partial charge in [0.1, 0.15) is 0 Å². The monoisotopic (exact) mass is 242 g/mol. The van der Waals surface area contributed by atoms with Crippen LogP contribution in [0.5, 0.6) is 0 Å². The number of rotatable bonds is 1. The molecule has 0 heterocycles. The van der Waals surface area contributed by atoms with E-state index in [4.69, 9.17) is 22.2 Å². The summed E-state index contributed by atoms with van der Waals surface area (Å²) in [6.45, 7) is 1.94. The molecule has 0 fully saturated rings. The van der Waals surface area contributed by atoms with Crippen molar-refractivity contribution in [2.45, 2.75) is 19.0 Å². The number of halogens is 2. The highest BCUT2D eigenvalue weighted by atomic mass is 35.7. The molecule has 3 heteroatoms. The van der Waals surface area contributed by atoms with Crippen LogP contribution in [0.15, 0.2) is 29.8 Å². The van der Waals surface area contributed by atoms with Gasteiger partial charge in [0.15, 0.2) is 0 Å². The number of hydrogen-bond donors (Lipinski definition) is 0. The maximum Gasteiger partial charge on any atom is 0.259 e. The van der Waals surface area contributed by atoms with Gasteiger partial charge in [-0.15, -0.1) is 22.2 Å². The summed E-state index contributed by atoms with van der Waals surface area (Å²) in [7, 11) is 0. The maximum atomic E-state index is 6.33. The fraction of sp³-hybridized carbons (Fsp3) is 0.273. The van der Waals surface area contributed by atoms with Crippen molar-refractivity contribution >= 4 is 34.9 Å². The van der Waals surface area contributed by atoms with E-state index in [1.54, 1.807) is 0 Å². The van der Waals surface area contributed by atoms with Crippen molar-refractivity contribution in [1.82, 2.24) is 0 Å². The Balaban J connectivity index is 2.52. The van der Waals surface area contributed by atoms with Crippen LogP contribution >= 0.6 is 22.2 Å². The minimum Gasteiger partial charge on any atom is -0.145 e. The second kappa shape index (κ2) is 3.40. The molecule has 1 aliphatic rings. The van der Waals surface area contributed by atoms with Gasteiger partial charge in [0, 0.05) is 5.54 Å². The molecule has 0 nitrogen and oxygen atoms in total. The Morgan fingerprint density at radius 2 is 1.86 bits per heavy atom. The molecule has 14 heavy (non-hydrogen) atoms. The topological polar surface area (TPSA) is 0 Å². The van der Waals surface area contributed by atoms with Crippen molar-refractivity contribution in [2.24, 2.45) is 0 Å². The first-order valence-corrected chi connectivity index (χ1v) is 9.25. The zero-order chi connectivity index (χ0) is 10.3. The van der Waals surface area contributed by atoms with Crippen LogP contribution in [0.1, 0.15) is 23.6 Å². The van der Waals surface area contributed by atoms with E-state index in [0.717, 1.165) is 0 Å². The smallest absolute Gasteiger partial charge is 0.145 e. The van der Waals surface area contributed by atoms with Crippen LogP contribution in [0.3, 0.4) is 0 Å². The molecular formula is C11H12Cl2Si. The van der Waals surface area contributed by atoms with Crippen LogP contribution < -0.4 is 0 Å². The van der Waals surface area contributed by atoms with Crippen LogP contribution in [0.4, 0.5) is 0 Å². The van der Waals surface area contributed by atoms with E-state index in [1.165, 1.54) is 16.7 Å². The van der Waals surface area contributed by atoms with Crippen LogP contribution in [0.25, 0.3) is 6.08 Å². The largest absolute Gasteiger partial charge is 0.259 e. The Kier molecular flexibility index (Phi) is 2.50. The molecule has 0 saturated heterocycles. The minimum atomic E-state index is -2.16. The average Bonchev–Trinajstić information content (AvgIpc) is 2.38. The molecule has 0 saturated carbocycles. The van der Waals surface area contributed by atoms with Crippen molar-refractivity contribution in [3.05, 3.63) is 41.0 Å². The van der Waals surface area contributed by atoms with Gasteiger partial charge in [0.05, 0.1) is 0 Å². The van der Waals surface area contributed by atoms with Crippen molar-refractivity contribution in [1.29, 1.82) is 0 Å². The molecule has 0 spiro atoms. The second-order valence-electron chi connectivity index (χ2n) is 3.91. The van der Waals surface area contributed by atoms with Gasteiger partial charge in [-0.1, -0.05) is 35.9 Å². The van der Waals surface area contributed by atoms with Crippen LogP contribution in [0, 0.1) is 0 Å². The van der Waals surface area contributed by atoms with Crippen molar-refractivity contribution in [3.63, 3.8) is 0 Å². The third-order valence-corrected chi connectivity index (χ3v) is 5.74. The first-order valence-electron chi connectivity index (χ1n) is 4.65. The Morgan fingerprint density at radius 3 is 2.50 bits per heavy atom. The molecular weight excluding hydrogens is 231 g/mol. The Labute approximate surface area is 95.0 Å². The van der Waals surface area contributed by atoms with Crippen molar-refractivity contribution < 1.29 is 0 Å². The van der Waals surface area contributed by atoms with E-state index in [2.05, 4.69) is 25.1 Å². The van der Waals surface area contributed by atoms with Gasteiger partial charge >= 0.3 is 0 Å². The first kappa shape index (κ1) is 10.3. The van der Waals surface area contributed by atoms with E-state index in [1.807, 2.05) is 18.7 Å². The molecule has 1 unspecified atom stereocenters. The summed E-state index contributed by atoms with van der Waals surface area (Å²) in [4.78, 5) is 0. The lowest BCUT2D eigenvalue weighted by Gasteiger charge is -2.22. The van der Waals surface area contributed by atoms with Gasteiger partial charge in [-0.2, -0.15) is 0 Å². The summed E-state index contributed by atoms with van der Waals surface area (Å²) in [6, 6.07) is 8.34. The highest BCUT2D eigenvalue weighted by Gasteiger charge is 2.39. The predicted molar refractivity (Wildman–Crippen MR) is 66.2 cm³/mol. The summed E-state index contributed by atoms with van der Waals surface area (Å²) in [6.07, 6.45) is 2.19. The molecule has 1 aromatic rings. The molecule has 74 valence electrons. The van der Waals surface area contributed by atoms with Gasteiger partial charge < -0.3 is 0 Å². The van der Waals surface area contributed by atoms with E-state index in [-0.39, 0.29) is 5.54 Å². The molecule has 1 aromatic carbocycles. The third kappa shape index (κ3) is 1.65. The summed E-state index contributed by atoms with van der Waals surface area (Å²) >= 11 is 12.7. The maximum absolute atomic E-state index is 6.33. The Bertz CT molecular complexity index is 391. The molecule has 0 N–H and O–H groups in total. The second-order valence-corrected chi connectivity index (χ2v) is 11.7. The molecule has 2 rings (SSSR count).